The molecule has 38 heavy (non-hydrogen) atoms. The van der Waals surface area contributed by atoms with Crippen LogP contribution in [0.25, 0.3) is 16.5 Å². The summed E-state index contributed by atoms with van der Waals surface area (Å²) in [6, 6.07) is 15.3. The van der Waals surface area contributed by atoms with Crippen molar-refractivity contribution in [3.8, 4) is 0 Å². The van der Waals surface area contributed by atoms with Gasteiger partial charge in [-0.2, -0.15) is 0 Å². The average Bonchev–Trinajstić information content (AvgIpc) is 2.91. The van der Waals surface area contributed by atoms with Crippen LogP contribution in [0, 0.1) is 5.82 Å². The van der Waals surface area contributed by atoms with Crippen LogP contribution in [0.1, 0.15) is 57.1 Å². The maximum absolute atomic E-state index is 14.7. The standard InChI is InChI=1S/C32H38FN5/c1-23(18-27-12-14-31-29(19-27)11-9-17-35-31)21-36-26(4)37-22-24(2)28-13-15-32(30(33)20-28)38-25(3)10-7-5-6-8-16-34/h9,11-15,17,19-22,38H,2-3,5-8,10,16,18,34H2,1,4H3/b23-21+,36-26?,37-22?. The number of nitrogens with zero attached hydrogens (tertiary/aromatic N) is 3. The zero-order valence-corrected chi connectivity index (χ0v) is 22.5. The lowest BCUT2D eigenvalue weighted by molar-refractivity contribution is 0.628. The van der Waals surface area contributed by atoms with Crippen LogP contribution in [0.15, 0.2) is 95.3 Å². The molecule has 198 valence electrons. The number of benzene rings is 2. The van der Waals surface area contributed by atoms with E-state index in [4.69, 9.17) is 5.73 Å². The highest BCUT2D eigenvalue weighted by molar-refractivity contribution is 6.12. The Bertz CT molecular complexity index is 1350. The van der Waals surface area contributed by atoms with Crippen LogP contribution in [-0.2, 0) is 6.42 Å². The number of amidine groups is 1. The summed E-state index contributed by atoms with van der Waals surface area (Å²) >= 11 is 0. The van der Waals surface area contributed by atoms with Crippen LogP contribution in [-0.4, -0.2) is 23.6 Å². The molecule has 0 aliphatic carbocycles. The summed E-state index contributed by atoms with van der Waals surface area (Å²) in [5, 5.41) is 4.21. The highest BCUT2D eigenvalue weighted by atomic mass is 19.1. The van der Waals surface area contributed by atoms with Crippen molar-refractivity contribution in [3.63, 3.8) is 0 Å². The molecule has 1 aromatic heterocycles. The second-order valence-corrected chi connectivity index (χ2v) is 9.52. The van der Waals surface area contributed by atoms with E-state index < -0.39 is 0 Å². The fourth-order valence-corrected chi connectivity index (χ4v) is 3.99. The second kappa shape index (κ2) is 14.7. The number of hydrogen-bond donors (Lipinski definition) is 2. The third-order valence-electron chi connectivity index (χ3n) is 6.11. The van der Waals surface area contributed by atoms with Crippen LogP contribution >= 0.6 is 0 Å². The lowest BCUT2D eigenvalue weighted by Gasteiger charge is -2.11. The van der Waals surface area contributed by atoms with Crippen molar-refractivity contribution in [1.29, 1.82) is 0 Å². The van der Waals surface area contributed by atoms with Crippen molar-refractivity contribution in [1.82, 2.24) is 4.98 Å². The summed E-state index contributed by atoms with van der Waals surface area (Å²) in [7, 11) is 0. The molecule has 0 radical (unpaired) electrons. The van der Waals surface area contributed by atoms with Gasteiger partial charge in [0.2, 0.25) is 0 Å². The first kappa shape index (κ1) is 28.7. The maximum atomic E-state index is 14.7. The van der Waals surface area contributed by atoms with Gasteiger partial charge in [0.05, 0.1) is 11.2 Å². The van der Waals surface area contributed by atoms with E-state index in [1.54, 1.807) is 18.5 Å². The Balaban J connectivity index is 1.53. The quantitative estimate of drug-likeness (QED) is 0.139. The normalized spacial score (nSPS) is 12.3. The third kappa shape index (κ3) is 9.20. The lowest BCUT2D eigenvalue weighted by Crippen LogP contribution is -2.02. The Morgan fingerprint density at radius 2 is 1.87 bits per heavy atom. The van der Waals surface area contributed by atoms with Gasteiger partial charge in [0.1, 0.15) is 11.7 Å². The molecule has 0 amide bonds. The highest BCUT2D eigenvalue weighted by Gasteiger charge is 2.06. The van der Waals surface area contributed by atoms with Crippen LogP contribution in [0.3, 0.4) is 0 Å². The molecule has 0 saturated heterocycles. The van der Waals surface area contributed by atoms with Gasteiger partial charge in [-0.05, 0) is 93.1 Å². The molecule has 0 aliphatic heterocycles. The van der Waals surface area contributed by atoms with Gasteiger partial charge >= 0.3 is 0 Å². The van der Waals surface area contributed by atoms with Crippen molar-refractivity contribution in [2.24, 2.45) is 15.7 Å². The van der Waals surface area contributed by atoms with E-state index in [9.17, 15) is 4.39 Å². The average molecular weight is 512 g/mol. The fourth-order valence-electron chi connectivity index (χ4n) is 3.99. The summed E-state index contributed by atoms with van der Waals surface area (Å²) in [6.07, 6.45) is 11.1. The highest BCUT2D eigenvalue weighted by Crippen LogP contribution is 2.22. The molecule has 3 rings (SSSR count). The van der Waals surface area contributed by atoms with Gasteiger partial charge in [-0.1, -0.05) is 49.8 Å². The largest absolute Gasteiger partial charge is 0.357 e. The number of anilines is 1. The molecule has 2 aromatic carbocycles. The minimum absolute atomic E-state index is 0.352. The third-order valence-corrected chi connectivity index (χ3v) is 6.11. The van der Waals surface area contributed by atoms with Crippen LogP contribution in [0.2, 0.25) is 0 Å². The van der Waals surface area contributed by atoms with Crippen LogP contribution < -0.4 is 11.1 Å². The monoisotopic (exact) mass is 511 g/mol. The van der Waals surface area contributed by atoms with Gasteiger partial charge in [0, 0.05) is 29.7 Å². The first-order valence-corrected chi connectivity index (χ1v) is 13.1. The summed E-state index contributed by atoms with van der Waals surface area (Å²) in [5.74, 6) is 0.240. The Kier molecular flexibility index (Phi) is 11.1. The van der Waals surface area contributed by atoms with E-state index in [1.165, 1.54) is 11.6 Å². The summed E-state index contributed by atoms with van der Waals surface area (Å²) < 4.78 is 14.7. The van der Waals surface area contributed by atoms with Gasteiger partial charge in [-0.15, -0.1) is 0 Å². The summed E-state index contributed by atoms with van der Waals surface area (Å²) in [6.45, 7) is 12.6. The molecule has 0 atom stereocenters. The predicted octanol–water partition coefficient (Wildman–Crippen LogP) is 7.86. The number of aliphatic imine (C=N–C) groups is 2. The molecular weight excluding hydrogens is 473 g/mol. The summed E-state index contributed by atoms with van der Waals surface area (Å²) in [5.41, 5.74) is 11.3. The number of fused-ring (bicyclic) bond motifs is 1. The van der Waals surface area contributed by atoms with E-state index in [0.29, 0.717) is 22.7 Å². The fraction of sp³-hybridized carbons (Fsp3) is 0.281. The molecule has 3 aromatic rings. The number of unbranched alkanes of at least 4 members (excludes halogenated alkanes) is 3. The van der Waals surface area contributed by atoms with Crippen molar-refractivity contribution >= 4 is 34.2 Å². The van der Waals surface area contributed by atoms with E-state index in [-0.39, 0.29) is 5.82 Å². The van der Waals surface area contributed by atoms with E-state index >= 15 is 0 Å². The number of allylic oxidation sites excluding steroid dienone is 3. The molecule has 5 nitrogen and oxygen atoms in total. The van der Waals surface area contributed by atoms with Gasteiger partial charge in [-0.3, -0.25) is 4.98 Å². The van der Waals surface area contributed by atoms with Crippen molar-refractivity contribution < 1.29 is 4.39 Å². The molecule has 0 saturated carbocycles. The molecule has 6 heteroatoms. The number of aromatic nitrogens is 1. The van der Waals surface area contributed by atoms with E-state index in [0.717, 1.165) is 67.2 Å². The Morgan fingerprint density at radius 3 is 2.66 bits per heavy atom. The van der Waals surface area contributed by atoms with Gasteiger partial charge in [0.25, 0.3) is 0 Å². The predicted molar refractivity (Wildman–Crippen MR) is 161 cm³/mol. The first-order valence-electron chi connectivity index (χ1n) is 13.1. The molecule has 0 bridgehead atoms. The zero-order valence-electron chi connectivity index (χ0n) is 22.5. The molecule has 0 fully saturated rings. The minimum Gasteiger partial charge on any atom is -0.357 e. The SMILES string of the molecule is C=C(CCCCCCN)Nc1ccc(C(=C)C=NC(C)=N/C=C(\C)Cc2ccc3ncccc3c2)cc1F. The van der Waals surface area contributed by atoms with Crippen molar-refractivity contribution in [2.45, 2.75) is 52.4 Å². The number of pyridine rings is 1. The topological polar surface area (TPSA) is 75.7 Å². The van der Waals surface area contributed by atoms with Crippen LogP contribution in [0.5, 0.6) is 0 Å². The van der Waals surface area contributed by atoms with E-state index in [2.05, 4.69) is 51.6 Å². The second-order valence-electron chi connectivity index (χ2n) is 9.52. The summed E-state index contributed by atoms with van der Waals surface area (Å²) in [4.78, 5) is 13.2. The first-order chi connectivity index (χ1) is 18.4. The smallest absolute Gasteiger partial charge is 0.147 e. The number of halogens is 1. The Hall–Kier alpha value is -3.90. The lowest BCUT2D eigenvalue weighted by atomic mass is 10.0. The maximum Gasteiger partial charge on any atom is 0.147 e. The molecular formula is C32H38FN5. The molecule has 0 aliphatic rings. The number of rotatable bonds is 13. The van der Waals surface area contributed by atoms with Gasteiger partial charge in [-0.25, -0.2) is 14.4 Å². The molecule has 0 unspecified atom stereocenters. The van der Waals surface area contributed by atoms with Crippen molar-refractivity contribution in [3.05, 3.63) is 102 Å². The van der Waals surface area contributed by atoms with Gasteiger partial charge in [0.15, 0.2) is 0 Å². The molecule has 0 spiro atoms. The molecule has 1 heterocycles. The van der Waals surface area contributed by atoms with Crippen molar-refractivity contribution in [2.75, 3.05) is 11.9 Å². The van der Waals surface area contributed by atoms with E-state index in [1.807, 2.05) is 38.2 Å². The Morgan fingerprint density at radius 1 is 1.05 bits per heavy atom. The molecule has 3 N–H and O–H groups in total. The zero-order chi connectivity index (χ0) is 27.3. The number of nitrogens with one attached hydrogen (secondary N) is 1. The number of nitrogens with two attached hydrogens (primary N) is 1. The Labute approximate surface area is 225 Å². The van der Waals surface area contributed by atoms with Gasteiger partial charge < -0.3 is 11.1 Å². The van der Waals surface area contributed by atoms with Crippen LogP contribution in [0.4, 0.5) is 10.1 Å². The minimum atomic E-state index is -0.352. The number of hydrogen-bond acceptors (Lipinski definition) is 4.